The molecular formula is C10H16O3. The lowest BCUT2D eigenvalue weighted by Gasteiger charge is -2.21. The minimum absolute atomic E-state index is 0.0945. The Bertz CT molecular complexity index is 192. The standard InChI is InChI=1S/C10H16O3/c1-8(2)10(11)13-7-9-5-3-4-6-12-9/h9H,1,3-7H2,2H3. The average Bonchev–Trinajstić information content (AvgIpc) is 2.15. The van der Waals surface area contributed by atoms with Crippen LogP contribution < -0.4 is 0 Å². The SMILES string of the molecule is C=C(C)C(=O)OCC1CCCCO1. The van der Waals surface area contributed by atoms with Crippen LogP contribution in [-0.4, -0.2) is 25.3 Å². The van der Waals surface area contributed by atoms with Crippen molar-refractivity contribution in [1.29, 1.82) is 0 Å². The molecule has 0 aromatic heterocycles. The first-order valence-corrected chi connectivity index (χ1v) is 4.64. The molecule has 0 amide bonds. The number of esters is 1. The molecule has 1 saturated heterocycles. The van der Waals surface area contributed by atoms with Crippen molar-refractivity contribution in [2.75, 3.05) is 13.2 Å². The van der Waals surface area contributed by atoms with Crippen LogP contribution in [0.3, 0.4) is 0 Å². The third-order valence-corrected chi connectivity index (χ3v) is 2.02. The van der Waals surface area contributed by atoms with E-state index >= 15 is 0 Å². The molecule has 1 unspecified atom stereocenters. The number of carbonyl (C=O) groups is 1. The van der Waals surface area contributed by atoms with Gasteiger partial charge < -0.3 is 9.47 Å². The van der Waals surface area contributed by atoms with Gasteiger partial charge in [0.2, 0.25) is 0 Å². The summed E-state index contributed by atoms with van der Waals surface area (Å²) in [5.41, 5.74) is 0.441. The summed E-state index contributed by atoms with van der Waals surface area (Å²) in [6.07, 6.45) is 3.36. The van der Waals surface area contributed by atoms with E-state index in [0.29, 0.717) is 12.2 Å². The highest BCUT2D eigenvalue weighted by molar-refractivity contribution is 5.86. The normalized spacial score (nSPS) is 22.4. The summed E-state index contributed by atoms with van der Waals surface area (Å²) >= 11 is 0. The smallest absolute Gasteiger partial charge is 0.333 e. The van der Waals surface area contributed by atoms with E-state index in [0.717, 1.165) is 25.9 Å². The molecule has 0 radical (unpaired) electrons. The molecule has 0 aliphatic carbocycles. The monoisotopic (exact) mass is 184 g/mol. The minimum atomic E-state index is -0.325. The zero-order valence-corrected chi connectivity index (χ0v) is 8.04. The van der Waals surface area contributed by atoms with Gasteiger partial charge in [-0.1, -0.05) is 6.58 Å². The minimum Gasteiger partial charge on any atom is -0.460 e. The van der Waals surface area contributed by atoms with E-state index in [-0.39, 0.29) is 12.1 Å². The second kappa shape index (κ2) is 5.02. The number of carbonyl (C=O) groups excluding carboxylic acids is 1. The third-order valence-electron chi connectivity index (χ3n) is 2.02. The highest BCUT2D eigenvalue weighted by Crippen LogP contribution is 2.13. The maximum atomic E-state index is 11.0. The van der Waals surface area contributed by atoms with Crippen molar-refractivity contribution in [2.24, 2.45) is 0 Å². The topological polar surface area (TPSA) is 35.5 Å². The molecule has 3 nitrogen and oxygen atoms in total. The molecule has 0 aromatic carbocycles. The number of hydrogen-bond donors (Lipinski definition) is 0. The van der Waals surface area contributed by atoms with E-state index in [9.17, 15) is 4.79 Å². The zero-order chi connectivity index (χ0) is 9.68. The van der Waals surface area contributed by atoms with E-state index in [4.69, 9.17) is 9.47 Å². The first-order valence-electron chi connectivity index (χ1n) is 4.64. The summed E-state index contributed by atoms with van der Waals surface area (Å²) in [7, 11) is 0. The molecule has 1 aliphatic heterocycles. The number of ether oxygens (including phenoxy) is 2. The Morgan fingerprint density at radius 2 is 2.38 bits per heavy atom. The lowest BCUT2D eigenvalue weighted by Crippen LogP contribution is -2.26. The highest BCUT2D eigenvalue weighted by Gasteiger charge is 2.15. The summed E-state index contributed by atoms with van der Waals surface area (Å²) in [5, 5.41) is 0. The van der Waals surface area contributed by atoms with Gasteiger partial charge in [-0.3, -0.25) is 0 Å². The van der Waals surface area contributed by atoms with Crippen LogP contribution in [0.2, 0.25) is 0 Å². The average molecular weight is 184 g/mol. The van der Waals surface area contributed by atoms with Gasteiger partial charge in [-0.2, -0.15) is 0 Å². The van der Waals surface area contributed by atoms with E-state index in [1.54, 1.807) is 6.92 Å². The predicted octanol–water partition coefficient (Wildman–Crippen LogP) is 1.67. The number of rotatable bonds is 3. The van der Waals surface area contributed by atoms with E-state index < -0.39 is 0 Å². The third kappa shape index (κ3) is 3.59. The van der Waals surface area contributed by atoms with Crippen molar-refractivity contribution >= 4 is 5.97 Å². The van der Waals surface area contributed by atoms with Crippen LogP contribution in [0.15, 0.2) is 12.2 Å². The largest absolute Gasteiger partial charge is 0.460 e. The molecule has 0 bridgehead atoms. The second-order valence-corrected chi connectivity index (χ2v) is 3.37. The second-order valence-electron chi connectivity index (χ2n) is 3.37. The Balaban J connectivity index is 2.17. The van der Waals surface area contributed by atoms with Crippen LogP contribution in [-0.2, 0) is 14.3 Å². The fourth-order valence-corrected chi connectivity index (χ4v) is 1.23. The Morgan fingerprint density at radius 1 is 1.62 bits per heavy atom. The lowest BCUT2D eigenvalue weighted by molar-refractivity contribution is -0.144. The molecule has 0 saturated carbocycles. The van der Waals surface area contributed by atoms with E-state index in [1.165, 1.54) is 0 Å². The zero-order valence-electron chi connectivity index (χ0n) is 8.04. The molecule has 1 heterocycles. The molecule has 3 heteroatoms. The van der Waals surface area contributed by atoms with Gasteiger partial charge in [0.1, 0.15) is 6.61 Å². The summed E-state index contributed by atoms with van der Waals surface area (Å²) in [6, 6.07) is 0. The molecule has 13 heavy (non-hydrogen) atoms. The van der Waals surface area contributed by atoms with Gasteiger partial charge in [0.05, 0.1) is 6.10 Å². The van der Waals surface area contributed by atoms with Crippen molar-refractivity contribution in [2.45, 2.75) is 32.3 Å². The molecule has 1 fully saturated rings. The van der Waals surface area contributed by atoms with Crippen molar-refractivity contribution < 1.29 is 14.3 Å². The number of hydrogen-bond acceptors (Lipinski definition) is 3. The van der Waals surface area contributed by atoms with Crippen molar-refractivity contribution in [3.05, 3.63) is 12.2 Å². The van der Waals surface area contributed by atoms with Gasteiger partial charge in [-0.15, -0.1) is 0 Å². The summed E-state index contributed by atoms with van der Waals surface area (Å²) in [4.78, 5) is 11.0. The summed E-state index contributed by atoms with van der Waals surface area (Å²) < 4.78 is 10.4. The van der Waals surface area contributed by atoms with Gasteiger partial charge in [-0.05, 0) is 26.2 Å². The Hall–Kier alpha value is -0.830. The Morgan fingerprint density at radius 3 is 2.92 bits per heavy atom. The van der Waals surface area contributed by atoms with Crippen molar-refractivity contribution in [1.82, 2.24) is 0 Å². The Labute approximate surface area is 78.7 Å². The maximum Gasteiger partial charge on any atom is 0.333 e. The van der Waals surface area contributed by atoms with E-state index in [1.807, 2.05) is 0 Å². The molecule has 1 aliphatic rings. The van der Waals surface area contributed by atoms with Gasteiger partial charge in [0.25, 0.3) is 0 Å². The first kappa shape index (κ1) is 10.3. The van der Waals surface area contributed by atoms with Crippen molar-refractivity contribution in [3.8, 4) is 0 Å². The summed E-state index contributed by atoms with van der Waals surface area (Å²) in [5.74, 6) is -0.325. The van der Waals surface area contributed by atoms with Crippen LogP contribution in [0, 0.1) is 0 Å². The molecular weight excluding hydrogens is 168 g/mol. The van der Waals surface area contributed by atoms with Crippen molar-refractivity contribution in [3.63, 3.8) is 0 Å². The fraction of sp³-hybridized carbons (Fsp3) is 0.700. The molecule has 0 N–H and O–H groups in total. The quantitative estimate of drug-likeness (QED) is 0.494. The van der Waals surface area contributed by atoms with Gasteiger partial charge >= 0.3 is 5.97 Å². The molecule has 1 rings (SSSR count). The molecule has 0 spiro atoms. The maximum absolute atomic E-state index is 11.0. The summed E-state index contributed by atoms with van der Waals surface area (Å²) in [6.45, 7) is 6.30. The highest BCUT2D eigenvalue weighted by atomic mass is 16.6. The molecule has 0 aromatic rings. The van der Waals surface area contributed by atoms with Crippen LogP contribution >= 0.6 is 0 Å². The predicted molar refractivity (Wildman–Crippen MR) is 49.4 cm³/mol. The fourth-order valence-electron chi connectivity index (χ4n) is 1.23. The molecule has 1 atom stereocenters. The van der Waals surface area contributed by atoms with Crippen LogP contribution in [0.25, 0.3) is 0 Å². The van der Waals surface area contributed by atoms with E-state index in [2.05, 4.69) is 6.58 Å². The molecule has 74 valence electrons. The first-order chi connectivity index (χ1) is 6.20. The van der Waals surface area contributed by atoms with Gasteiger partial charge in [0.15, 0.2) is 0 Å². The Kier molecular flexibility index (Phi) is 3.96. The van der Waals surface area contributed by atoms with Crippen LogP contribution in [0.5, 0.6) is 0 Å². The van der Waals surface area contributed by atoms with Crippen LogP contribution in [0.4, 0.5) is 0 Å². The lowest BCUT2D eigenvalue weighted by atomic mass is 10.1. The van der Waals surface area contributed by atoms with Gasteiger partial charge in [-0.25, -0.2) is 4.79 Å². The van der Waals surface area contributed by atoms with Crippen LogP contribution in [0.1, 0.15) is 26.2 Å². The van der Waals surface area contributed by atoms with Gasteiger partial charge in [0, 0.05) is 12.2 Å².